The Labute approximate surface area is 122 Å². The summed E-state index contributed by atoms with van der Waals surface area (Å²) in [5, 5.41) is 4.17. The van der Waals surface area contributed by atoms with Crippen LogP contribution in [0.3, 0.4) is 0 Å². The third-order valence-corrected chi connectivity index (χ3v) is 3.72. The van der Waals surface area contributed by atoms with Gasteiger partial charge in [0.2, 0.25) is 5.13 Å². The van der Waals surface area contributed by atoms with Gasteiger partial charge in [-0.1, -0.05) is 42.5 Å². The van der Waals surface area contributed by atoms with Gasteiger partial charge in [0.25, 0.3) is 0 Å². The first-order valence-corrected chi connectivity index (χ1v) is 7.23. The van der Waals surface area contributed by atoms with Gasteiger partial charge in [0, 0.05) is 22.8 Å². The lowest BCUT2D eigenvalue weighted by atomic mass is 10.1. The minimum atomic E-state index is 0.767. The minimum absolute atomic E-state index is 0.767. The van der Waals surface area contributed by atoms with E-state index < -0.39 is 0 Å². The predicted molar refractivity (Wildman–Crippen MR) is 84.5 cm³/mol. The van der Waals surface area contributed by atoms with Crippen LogP contribution in [0.1, 0.15) is 11.1 Å². The molecule has 1 heterocycles. The summed E-state index contributed by atoms with van der Waals surface area (Å²) in [6.07, 6.45) is 0. The largest absolute Gasteiger partial charge is 0.330 e. The van der Waals surface area contributed by atoms with E-state index in [2.05, 4.69) is 46.7 Å². The van der Waals surface area contributed by atoms with E-state index in [9.17, 15) is 0 Å². The Hall–Kier alpha value is -2.20. The summed E-state index contributed by atoms with van der Waals surface area (Å²) in [5.41, 5.74) is 4.55. The van der Waals surface area contributed by atoms with Crippen LogP contribution in [-0.2, 0) is 0 Å². The Morgan fingerprint density at radius 3 is 2.60 bits per heavy atom. The Morgan fingerprint density at radius 2 is 1.80 bits per heavy atom. The lowest BCUT2D eigenvalue weighted by Gasteiger charge is -2.06. The maximum Gasteiger partial charge on any atom is 0.207 e. The number of hydrogen-bond acceptors (Lipinski definition) is 4. The molecule has 0 bridgehead atoms. The highest BCUT2D eigenvalue weighted by molar-refractivity contribution is 7.09. The predicted octanol–water partition coefficient (Wildman–Crippen LogP) is 4.57. The first-order chi connectivity index (χ1) is 9.72. The lowest BCUT2D eigenvalue weighted by Crippen LogP contribution is -1.93. The van der Waals surface area contributed by atoms with E-state index in [0.29, 0.717) is 0 Å². The first-order valence-electron chi connectivity index (χ1n) is 6.46. The molecule has 2 aromatic carbocycles. The fraction of sp³-hybridized carbons (Fsp3) is 0.125. The minimum Gasteiger partial charge on any atom is -0.330 e. The number of nitrogens with zero attached hydrogens (tertiary/aromatic N) is 2. The fourth-order valence-electron chi connectivity index (χ4n) is 1.96. The van der Waals surface area contributed by atoms with Gasteiger partial charge in [-0.25, -0.2) is 0 Å². The highest BCUT2D eigenvalue weighted by Gasteiger charge is 2.07. The quantitative estimate of drug-likeness (QED) is 0.764. The Bertz CT molecular complexity index is 720. The van der Waals surface area contributed by atoms with Crippen molar-refractivity contribution in [2.45, 2.75) is 13.8 Å². The summed E-state index contributed by atoms with van der Waals surface area (Å²) < 4.78 is 4.40. The molecule has 0 spiro atoms. The molecule has 3 aromatic rings. The first kappa shape index (κ1) is 12.8. The van der Waals surface area contributed by atoms with Gasteiger partial charge in [0.1, 0.15) is 0 Å². The van der Waals surface area contributed by atoms with E-state index in [4.69, 9.17) is 0 Å². The molecular weight excluding hydrogens is 266 g/mol. The Kier molecular flexibility index (Phi) is 3.48. The summed E-state index contributed by atoms with van der Waals surface area (Å²) in [7, 11) is 0. The molecule has 100 valence electrons. The van der Waals surface area contributed by atoms with Crippen molar-refractivity contribution in [3.8, 4) is 11.4 Å². The molecular formula is C16H15N3S. The second-order valence-corrected chi connectivity index (χ2v) is 5.48. The highest BCUT2D eigenvalue weighted by Crippen LogP contribution is 2.25. The van der Waals surface area contributed by atoms with Crippen molar-refractivity contribution in [3.63, 3.8) is 0 Å². The summed E-state index contributed by atoms with van der Waals surface area (Å²) in [4.78, 5) is 4.54. The van der Waals surface area contributed by atoms with Crippen molar-refractivity contribution in [1.82, 2.24) is 9.36 Å². The van der Waals surface area contributed by atoms with Crippen molar-refractivity contribution >= 4 is 22.4 Å². The van der Waals surface area contributed by atoms with Crippen molar-refractivity contribution in [2.75, 3.05) is 5.32 Å². The van der Waals surface area contributed by atoms with Gasteiger partial charge >= 0.3 is 0 Å². The zero-order valence-electron chi connectivity index (χ0n) is 11.4. The number of benzene rings is 2. The molecule has 0 aliphatic rings. The van der Waals surface area contributed by atoms with Crippen LogP contribution < -0.4 is 5.32 Å². The van der Waals surface area contributed by atoms with Crippen LogP contribution in [0, 0.1) is 13.8 Å². The van der Waals surface area contributed by atoms with E-state index in [1.807, 2.05) is 30.3 Å². The molecule has 0 amide bonds. The van der Waals surface area contributed by atoms with Gasteiger partial charge in [-0.3, -0.25) is 0 Å². The lowest BCUT2D eigenvalue weighted by molar-refractivity contribution is 1.30. The van der Waals surface area contributed by atoms with Gasteiger partial charge in [0.05, 0.1) is 0 Å². The molecule has 3 nitrogen and oxygen atoms in total. The molecule has 0 radical (unpaired) electrons. The maximum atomic E-state index is 4.54. The molecule has 0 saturated heterocycles. The third-order valence-electron chi connectivity index (χ3n) is 3.09. The molecule has 3 rings (SSSR count). The van der Waals surface area contributed by atoms with Crippen molar-refractivity contribution in [3.05, 3.63) is 59.7 Å². The van der Waals surface area contributed by atoms with Crippen LogP contribution in [0.25, 0.3) is 11.4 Å². The van der Waals surface area contributed by atoms with Crippen LogP contribution in [0.15, 0.2) is 48.5 Å². The summed E-state index contributed by atoms with van der Waals surface area (Å²) in [6.45, 7) is 4.17. The van der Waals surface area contributed by atoms with Gasteiger partial charge in [0.15, 0.2) is 5.82 Å². The molecule has 0 aliphatic carbocycles. The van der Waals surface area contributed by atoms with E-state index in [0.717, 1.165) is 22.2 Å². The van der Waals surface area contributed by atoms with Crippen LogP contribution >= 0.6 is 11.5 Å². The SMILES string of the molecule is Cc1ccc(C)c(Nc2nc(-c3ccccc3)ns2)c1. The van der Waals surface area contributed by atoms with Crippen molar-refractivity contribution < 1.29 is 0 Å². The van der Waals surface area contributed by atoms with Crippen LogP contribution in [0.5, 0.6) is 0 Å². The van der Waals surface area contributed by atoms with Crippen molar-refractivity contribution in [1.29, 1.82) is 0 Å². The fourth-order valence-corrected chi connectivity index (χ4v) is 2.57. The van der Waals surface area contributed by atoms with E-state index in [1.54, 1.807) is 0 Å². The highest BCUT2D eigenvalue weighted by atomic mass is 32.1. The summed E-state index contributed by atoms with van der Waals surface area (Å²) >= 11 is 1.38. The zero-order chi connectivity index (χ0) is 13.9. The number of rotatable bonds is 3. The molecule has 20 heavy (non-hydrogen) atoms. The molecule has 0 unspecified atom stereocenters. The number of nitrogens with one attached hydrogen (secondary N) is 1. The molecule has 0 atom stereocenters. The summed E-state index contributed by atoms with van der Waals surface area (Å²) in [5.74, 6) is 0.767. The monoisotopic (exact) mass is 281 g/mol. The average molecular weight is 281 g/mol. The van der Waals surface area contributed by atoms with Crippen LogP contribution in [-0.4, -0.2) is 9.36 Å². The molecule has 0 fully saturated rings. The van der Waals surface area contributed by atoms with Gasteiger partial charge in [-0.15, -0.1) is 0 Å². The average Bonchev–Trinajstić information content (AvgIpc) is 2.92. The second kappa shape index (κ2) is 5.43. The molecule has 4 heteroatoms. The van der Waals surface area contributed by atoms with Gasteiger partial charge in [-0.2, -0.15) is 9.36 Å². The zero-order valence-corrected chi connectivity index (χ0v) is 12.2. The third kappa shape index (κ3) is 2.70. The molecule has 0 aliphatic heterocycles. The standard InChI is InChI=1S/C16H15N3S/c1-11-8-9-12(2)14(10-11)17-16-18-15(19-20-16)13-6-4-3-5-7-13/h3-10H,1-2H3,(H,17,18,19). The van der Waals surface area contributed by atoms with E-state index in [-0.39, 0.29) is 0 Å². The second-order valence-electron chi connectivity index (χ2n) is 4.73. The number of hydrogen-bond donors (Lipinski definition) is 1. The van der Waals surface area contributed by atoms with Gasteiger partial charge < -0.3 is 5.32 Å². The summed E-state index contributed by atoms with van der Waals surface area (Å²) in [6, 6.07) is 16.4. The van der Waals surface area contributed by atoms with Crippen LogP contribution in [0.4, 0.5) is 10.8 Å². The van der Waals surface area contributed by atoms with E-state index in [1.165, 1.54) is 22.7 Å². The maximum absolute atomic E-state index is 4.54. The van der Waals surface area contributed by atoms with Gasteiger partial charge in [-0.05, 0) is 31.0 Å². The van der Waals surface area contributed by atoms with Crippen LogP contribution in [0.2, 0.25) is 0 Å². The number of aryl methyl sites for hydroxylation is 2. The Morgan fingerprint density at radius 1 is 1.00 bits per heavy atom. The molecule has 1 aromatic heterocycles. The number of anilines is 2. The van der Waals surface area contributed by atoms with Crippen molar-refractivity contribution in [2.24, 2.45) is 0 Å². The number of aromatic nitrogens is 2. The van der Waals surface area contributed by atoms with E-state index >= 15 is 0 Å². The molecule has 0 saturated carbocycles. The topological polar surface area (TPSA) is 37.8 Å². The Balaban J connectivity index is 1.86. The molecule has 1 N–H and O–H groups in total. The normalized spacial score (nSPS) is 10.5. The smallest absolute Gasteiger partial charge is 0.207 e.